The van der Waals surface area contributed by atoms with Gasteiger partial charge >= 0.3 is 12.1 Å². The molecule has 0 aliphatic heterocycles. The quantitative estimate of drug-likeness (QED) is 0.0598. The summed E-state index contributed by atoms with van der Waals surface area (Å²) in [5.74, 6) is -2.53. The Bertz CT molecular complexity index is 1750. The lowest BCUT2D eigenvalue weighted by molar-refractivity contribution is -0.142. The summed E-state index contributed by atoms with van der Waals surface area (Å²) in [7, 11) is 0. The van der Waals surface area contributed by atoms with Crippen molar-refractivity contribution in [1.29, 1.82) is 0 Å². The highest BCUT2D eigenvalue weighted by Crippen LogP contribution is 2.44. The van der Waals surface area contributed by atoms with E-state index in [0.29, 0.717) is 31.4 Å². The number of hydrogen-bond donors (Lipinski definition) is 6. The van der Waals surface area contributed by atoms with Crippen LogP contribution in [-0.4, -0.2) is 90.6 Å². The highest BCUT2D eigenvalue weighted by molar-refractivity contribution is 7.98. The second-order valence-corrected chi connectivity index (χ2v) is 15.2. The Hall–Kier alpha value is -5.37. The first-order valence-electron chi connectivity index (χ1n) is 19.0. The zero-order valence-corrected chi connectivity index (χ0v) is 32.9. The number of ether oxygens (including phenoxy) is 1. The van der Waals surface area contributed by atoms with Gasteiger partial charge in [-0.3, -0.25) is 19.2 Å². The van der Waals surface area contributed by atoms with E-state index in [2.05, 4.69) is 38.7 Å². The molecule has 4 rings (SSSR count). The van der Waals surface area contributed by atoms with E-state index in [4.69, 9.17) is 4.74 Å². The van der Waals surface area contributed by atoms with Crippen molar-refractivity contribution in [1.82, 2.24) is 26.6 Å². The van der Waals surface area contributed by atoms with Gasteiger partial charge in [0.25, 0.3) is 0 Å². The van der Waals surface area contributed by atoms with E-state index in [1.807, 2.05) is 62.6 Å². The number of unbranched alkanes of at least 4 members (excludes halogenated alkanes) is 1. The fourth-order valence-corrected chi connectivity index (χ4v) is 7.23. The van der Waals surface area contributed by atoms with Gasteiger partial charge < -0.3 is 36.4 Å². The summed E-state index contributed by atoms with van der Waals surface area (Å²) < 4.78 is 5.59. The highest BCUT2D eigenvalue weighted by Gasteiger charge is 2.32. The number of hydrogen-bond acceptors (Lipinski definition) is 8. The van der Waals surface area contributed by atoms with Crippen molar-refractivity contribution in [3.63, 3.8) is 0 Å². The van der Waals surface area contributed by atoms with Crippen LogP contribution >= 0.6 is 11.8 Å². The molecule has 0 fully saturated rings. The standard InChI is InChI=1S/C42H53N5O8S/c1-27(2)23-36(46-38(49)34(44-26-48)20-22-56-3)39(50)47-37(24-28-13-5-4-6-14-28)40(51)45-35(41(52)53)19-11-12-21-43-42(54)55-25-33-31-17-9-7-15-29(31)30-16-8-10-18-32(30)33/h4-10,13-18,26-27,33-37H,11-12,19-25H2,1-3H3,(H,43,54)(H,44,48)(H,45,51)(H,46,49)(H,47,50)(H,52,53)/t34-,35-,36-,37-/m0/s1. The molecule has 0 aromatic heterocycles. The highest BCUT2D eigenvalue weighted by atomic mass is 32.2. The van der Waals surface area contributed by atoms with Gasteiger partial charge in [0.2, 0.25) is 24.1 Å². The van der Waals surface area contributed by atoms with E-state index in [0.717, 1.165) is 27.8 Å². The van der Waals surface area contributed by atoms with E-state index < -0.39 is 54.0 Å². The summed E-state index contributed by atoms with van der Waals surface area (Å²) in [5.41, 5.74) is 5.20. The number of carboxylic acids is 1. The monoisotopic (exact) mass is 787 g/mol. The molecule has 0 radical (unpaired) electrons. The lowest BCUT2D eigenvalue weighted by Crippen LogP contribution is -2.58. The van der Waals surface area contributed by atoms with Crippen LogP contribution in [0.2, 0.25) is 0 Å². The molecule has 0 spiro atoms. The summed E-state index contributed by atoms with van der Waals surface area (Å²) in [6, 6.07) is 20.8. The van der Waals surface area contributed by atoms with E-state index in [9.17, 15) is 33.9 Å². The lowest BCUT2D eigenvalue weighted by atomic mass is 9.98. The number of benzene rings is 3. The first-order valence-corrected chi connectivity index (χ1v) is 20.4. The van der Waals surface area contributed by atoms with Crippen molar-refractivity contribution < 1.29 is 38.6 Å². The van der Waals surface area contributed by atoms with Crippen LogP contribution in [0.25, 0.3) is 11.1 Å². The van der Waals surface area contributed by atoms with Crippen molar-refractivity contribution in [2.75, 3.05) is 25.2 Å². The fraction of sp³-hybridized carbons (Fsp3) is 0.429. The molecule has 0 bridgehead atoms. The van der Waals surface area contributed by atoms with Gasteiger partial charge in [-0.05, 0) is 77.8 Å². The molecule has 300 valence electrons. The second-order valence-electron chi connectivity index (χ2n) is 14.2. The number of carbonyl (C=O) groups is 6. The van der Waals surface area contributed by atoms with Crippen LogP contribution in [0.15, 0.2) is 78.9 Å². The average molecular weight is 788 g/mol. The summed E-state index contributed by atoms with van der Waals surface area (Å²) in [6.07, 6.45) is 3.32. The van der Waals surface area contributed by atoms with Gasteiger partial charge in [-0.1, -0.05) is 92.7 Å². The smallest absolute Gasteiger partial charge is 0.407 e. The zero-order chi connectivity index (χ0) is 40.5. The van der Waals surface area contributed by atoms with Crippen LogP contribution in [0.5, 0.6) is 0 Å². The minimum Gasteiger partial charge on any atom is -0.480 e. The molecular formula is C42H53N5O8S. The Kier molecular flexibility index (Phi) is 17.2. The van der Waals surface area contributed by atoms with Gasteiger partial charge in [0, 0.05) is 18.9 Å². The number of thioether (sulfide) groups is 1. The first kappa shape index (κ1) is 43.4. The molecule has 0 saturated heterocycles. The van der Waals surface area contributed by atoms with Crippen molar-refractivity contribution >= 4 is 48.0 Å². The van der Waals surface area contributed by atoms with Crippen molar-refractivity contribution in [3.05, 3.63) is 95.6 Å². The third-order valence-electron chi connectivity index (χ3n) is 9.60. The van der Waals surface area contributed by atoms with Crippen molar-refractivity contribution in [2.24, 2.45) is 5.92 Å². The third kappa shape index (κ3) is 12.9. The molecule has 3 aromatic carbocycles. The summed E-state index contributed by atoms with van der Waals surface area (Å²) in [6.45, 7) is 4.20. The minimum absolute atomic E-state index is 0.00819. The molecular weight excluding hydrogens is 735 g/mol. The molecule has 0 saturated carbocycles. The van der Waals surface area contributed by atoms with Gasteiger partial charge in [0.15, 0.2) is 0 Å². The Morgan fingerprint density at radius 3 is 1.93 bits per heavy atom. The molecule has 56 heavy (non-hydrogen) atoms. The summed E-state index contributed by atoms with van der Waals surface area (Å²) in [4.78, 5) is 76.6. The second kappa shape index (κ2) is 22.2. The summed E-state index contributed by atoms with van der Waals surface area (Å²) in [5, 5.41) is 23.3. The third-order valence-corrected chi connectivity index (χ3v) is 10.2. The molecule has 4 atom stereocenters. The molecule has 0 heterocycles. The van der Waals surface area contributed by atoms with Crippen LogP contribution in [0, 0.1) is 5.92 Å². The molecule has 0 unspecified atom stereocenters. The van der Waals surface area contributed by atoms with Crippen LogP contribution < -0.4 is 26.6 Å². The van der Waals surface area contributed by atoms with Crippen molar-refractivity contribution in [3.8, 4) is 11.1 Å². The van der Waals surface area contributed by atoms with Gasteiger partial charge in [0.1, 0.15) is 30.8 Å². The molecule has 13 nitrogen and oxygen atoms in total. The van der Waals surface area contributed by atoms with E-state index in [1.54, 1.807) is 24.3 Å². The molecule has 6 N–H and O–H groups in total. The van der Waals surface area contributed by atoms with Gasteiger partial charge in [-0.15, -0.1) is 0 Å². The lowest BCUT2D eigenvalue weighted by Gasteiger charge is -2.26. The Balaban J connectivity index is 1.31. The Labute approximate surface area is 332 Å². The van der Waals surface area contributed by atoms with E-state index in [1.165, 1.54) is 11.8 Å². The van der Waals surface area contributed by atoms with Crippen LogP contribution in [-0.2, 0) is 35.1 Å². The predicted molar refractivity (Wildman–Crippen MR) is 216 cm³/mol. The normalized spacial score (nSPS) is 13.9. The Morgan fingerprint density at radius 2 is 1.32 bits per heavy atom. The van der Waals surface area contributed by atoms with Gasteiger partial charge in [-0.25, -0.2) is 9.59 Å². The number of nitrogens with one attached hydrogen (secondary N) is 5. The molecule has 1 aliphatic rings. The average Bonchev–Trinajstić information content (AvgIpc) is 3.50. The Morgan fingerprint density at radius 1 is 0.750 bits per heavy atom. The first-order chi connectivity index (χ1) is 27.0. The van der Waals surface area contributed by atoms with Crippen LogP contribution in [0.3, 0.4) is 0 Å². The number of carbonyl (C=O) groups excluding carboxylic acids is 5. The predicted octanol–water partition coefficient (Wildman–Crippen LogP) is 4.39. The van der Waals surface area contributed by atoms with Crippen LogP contribution in [0.4, 0.5) is 4.79 Å². The minimum atomic E-state index is -1.26. The SMILES string of the molecule is CSCC[C@H](NC=O)C(=O)N[C@@H](CC(C)C)C(=O)N[C@@H](Cc1ccccc1)C(=O)N[C@@H](CCCCNC(=O)OCC1c2ccccc2-c2ccccc21)C(=O)O. The maximum Gasteiger partial charge on any atom is 0.407 e. The maximum atomic E-state index is 13.7. The number of fused-ring (bicyclic) bond motifs is 3. The number of carboxylic acid groups (broad SMARTS) is 1. The molecule has 5 amide bonds. The van der Waals surface area contributed by atoms with Gasteiger partial charge in [0.05, 0.1) is 0 Å². The number of amides is 5. The number of alkyl carbamates (subject to hydrolysis) is 1. The van der Waals surface area contributed by atoms with E-state index >= 15 is 0 Å². The number of aliphatic carboxylic acids is 1. The zero-order valence-electron chi connectivity index (χ0n) is 32.1. The van der Waals surface area contributed by atoms with E-state index in [-0.39, 0.29) is 44.2 Å². The van der Waals surface area contributed by atoms with Crippen LogP contribution in [0.1, 0.15) is 68.6 Å². The molecule has 1 aliphatic carbocycles. The van der Waals surface area contributed by atoms with Crippen molar-refractivity contribution in [2.45, 2.75) is 82.5 Å². The van der Waals surface area contributed by atoms with Gasteiger partial charge in [-0.2, -0.15) is 11.8 Å². The molecule has 3 aromatic rings. The molecule has 14 heteroatoms. The number of rotatable bonds is 23. The summed E-state index contributed by atoms with van der Waals surface area (Å²) >= 11 is 1.52. The maximum absolute atomic E-state index is 13.7. The topological polar surface area (TPSA) is 192 Å². The largest absolute Gasteiger partial charge is 0.480 e. The fourth-order valence-electron chi connectivity index (χ4n) is 6.76.